The number of ether oxygens (including phenoxy) is 1. The smallest absolute Gasteiger partial charge is 0.256 e. The summed E-state index contributed by atoms with van der Waals surface area (Å²) in [5, 5.41) is 3.10. The summed E-state index contributed by atoms with van der Waals surface area (Å²) in [7, 11) is 5.31. The molecule has 6 nitrogen and oxygen atoms in total. The molecule has 1 saturated heterocycles. The molecule has 7 heteroatoms. The van der Waals surface area contributed by atoms with Crippen LogP contribution in [0.1, 0.15) is 50.8 Å². The molecule has 0 saturated carbocycles. The van der Waals surface area contributed by atoms with Crippen molar-refractivity contribution in [2.45, 2.75) is 45.1 Å². The van der Waals surface area contributed by atoms with Gasteiger partial charge in [0.15, 0.2) is 0 Å². The zero-order chi connectivity index (χ0) is 29.4. The summed E-state index contributed by atoms with van der Waals surface area (Å²) in [6.45, 7) is 9.41. The Hall–Kier alpha value is -3.87. The second-order valence-electron chi connectivity index (χ2n) is 11.3. The second-order valence-corrected chi connectivity index (χ2v) is 11.3. The van der Waals surface area contributed by atoms with Gasteiger partial charge in [0.25, 0.3) is 5.91 Å². The van der Waals surface area contributed by atoms with E-state index < -0.39 is 24.5 Å². The van der Waals surface area contributed by atoms with Crippen molar-refractivity contribution in [2.24, 2.45) is 5.92 Å². The van der Waals surface area contributed by atoms with Gasteiger partial charge in [-0.15, -0.1) is 0 Å². The van der Waals surface area contributed by atoms with E-state index in [2.05, 4.69) is 32.7 Å². The number of hydrogen-bond donors (Lipinski definition) is 1. The topological polar surface area (TPSA) is 61.9 Å². The average molecular weight is 548 g/mol. The molecule has 40 heavy (non-hydrogen) atoms. The minimum absolute atomic E-state index is 0.0697. The largest absolute Gasteiger partial charge is 0.496 e. The summed E-state index contributed by atoms with van der Waals surface area (Å²) in [6.07, 6.45) is 5.86. The van der Waals surface area contributed by atoms with E-state index >= 15 is 0 Å². The first-order chi connectivity index (χ1) is 19.0. The molecular weight excluding hydrogens is 505 g/mol. The molecule has 2 aromatic rings. The van der Waals surface area contributed by atoms with Crippen LogP contribution in [-0.2, 0) is 19.7 Å². The lowest BCUT2D eigenvalue weighted by molar-refractivity contribution is -0.136. The van der Waals surface area contributed by atoms with Crippen molar-refractivity contribution in [3.05, 3.63) is 95.8 Å². The Bertz CT molecular complexity index is 1260. The molecule has 2 atom stereocenters. The minimum atomic E-state index is -0.997. The Balaban J connectivity index is 2.05. The Kier molecular flexibility index (Phi) is 10.3. The number of methoxy groups -OCH3 is 1. The lowest BCUT2D eigenvalue weighted by Crippen LogP contribution is -2.47. The van der Waals surface area contributed by atoms with Crippen molar-refractivity contribution in [1.82, 2.24) is 4.90 Å². The summed E-state index contributed by atoms with van der Waals surface area (Å²) >= 11 is 0. The molecule has 0 spiro atoms. The van der Waals surface area contributed by atoms with Crippen LogP contribution < -0.4 is 10.2 Å². The lowest BCUT2D eigenvalue weighted by Gasteiger charge is -2.41. The lowest BCUT2D eigenvalue weighted by atomic mass is 9.83. The molecule has 1 fully saturated rings. The molecule has 0 aliphatic carbocycles. The molecule has 0 radical (unpaired) electrons. The molecular formula is C33H42FN3O3. The molecule has 0 aromatic heterocycles. The van der Waals surface area contributed by atoms with E-state index in [0.29, 0.717) is 25.1 Å². The standard InChI is InChI=1S/C33H42FN3O3/c1-8-9-15-29(40-7)28(22-34)32(39)37-20-11-14-27(30(37)23-16-18-26(19-17-23)36(5)6)31(38)35-25-13-10-12-24(21-25)33(2,3)4/h8-10,12-13,15-19,21,27,30H,1,11,14,20,22H2,2-7H3,(H,35,38)/b15-9-,29-28-. The summed E-state index contributed by atoms with van der Waals surface area (Å²) in [6, 6.07) is 15.1. The van der Waals surface area contributed by atoms with Gasteiger partial charge in [0.2, 0.25) is 5.91 Å². The van der Waals surface area contributed by atoms with Gasteiger partial charge >= 0.3 is 0 Å². The maximum Gasteiger partial charge on any atom is 0.256 e. The number of nitrogens with one attached hydrogen (secondary N) is 1. The first-order valence-electron chi connectivity index (χ1n) is 13.6. The van der Waals surface area contributed by atoms with E-state index in [1.807, 2.05) is 67.5 Å². The number of anilines is 2. The number of halogens is 1. The van der Waals surface area contributed by atoms with Crippen molar-refractivity contribution >= 4 is 23.2 Å². The van der Waals surface area contributed by atoms with Crippen molar-refractivity contribution < 1.29 is 18.7 Å². The Labute approximate surface area is 238 Å². The van der Waals surface area contributed by atoms with Crippen LogP contribution in [-0.4, -0.2) is 51.1 Å². The number of carbonyl (C=O) groups excluding carboxylic acids is 2. The van der Waals surface area contributed by atoms with E-state index in [1.54, 1.807) is 11.0 Å². The van der Waals surface area contributed by atoms with Gasteiger partial charge in [0.05, 0.1) is 24.6 Å². The van der Waals surface area contributed by atoms with Crippen molar-refractivity contribution in [3.8, 4) is 0 Å². The quantitative estimate of drug-likeness (QED) is 0.219. The van der Waals surface area contributed by atoms with E-state index in [-0.39, 0.29) is 22.7 Å². The average Bonchev–Trinajstić information content (AvgIpc) is 2.94. The van der Waals surface area contributed by atoms with Crippen LogP contribution in [0.3, 0.4) is 0 Å². The highest BCUT2D eigenvalue weighted by Crippen LogP contribution is 2.39. The number of nitrogens with zero attached hydrogens (tertiary/aromatic N) is 2. The van der Waals surface area contributed by atoms with Crippen LogP contribution >= 0.6 is 0 Å². The predicted molar refractivity (Wildman–Crippen MR) is 161 cm³/mol. The van der Waals surface area contributed by atoms with Crippen molar-refractivity contribution in [3.63, 3.8) is 0 Å². The molecule has 1 N–H and O–H groups in total. The predicted octanol–water partition coefficient (Wildman–Crippen LogP) is 6.58. The van der Waals surface area contributed by atoms with Gasteiger partial charge in [0, 0.05) is 32.0 Å². The van der Waals surface area contributed by atoms with E-state index in [4.69, 9.17) is 4.74 Å². The van der Waals surface area contributed by atoms with Crippen molar-refractivity contribution in [2.75, 3.05) is 44.6 Å². The molecule has 0 bridgehead atoms. The van der Waals surface area contributed by atoms with Gasteiger partial charge in [-0.1, -0.05) is 63.8 Å². The number of allylic oxidation sites excluding steroid dienone is 3. The maximum absolute atomic E-state index is 14.3. The second kappa shape index (κ2) is 13.5. The molecule has 214 valence electrons. The van der Waals surface area contributed by atoms with Gasteiger partial charge < -0.3 is 19.9 Å². The molecule has 3 rings (SSSR count). The summed E-state index contributed by atoms with van der Waals surface area (Å²) in [5.74, 6) is -1.05. The number of likely N-dealkylation sites (tertiary alicyclic amines) is 1. The molecule has 2 amide bonds. The zero-order valence-corrected chi connectivity index (χ0v) is 24.5. The van der Waals surface area contributed by atoms with Crippen LogP contribution in [0.15, 0.2) is 84.7 Å². The van der Waals surface area contributed by atoms with E-state index in [0.717, 1.165) is 16.8 Å². The number of rotatable bonds is 9. The number of piperidine rings is 1. The third-order valence-corrected chi connectivity index (χ3v) is 7.27. The van der Waals surface area contributed by atoms with Gasteiger partial charge in [0.1, 0.15) is 12.4 Å². The van der Waals surface area contributed by atoms with Crippen molar-refractivity contribution in [1.29, 1.82) is 0 Å². The molecule has 1 aliphatic rings. The van der Waals surface area contributed by atoms with Crippen LogP contribution in [0.4, 0.5) is 15.8 Å². The Morgan fingerprint density at radius 2 is 1.88 bits per heavy atom. The maximum atomic E-state index is 14.3. The Morgan fingerprint density at radius 3 is 2.45 bits per heavy atom. The SMILES string of the molecule is C=C/C=C\C(OC)=C(/CF)C(=O)N1CCCC(C(=O)Nc2cccc(C(C)(C)C)c2)C1c1ccc(N(C)C)cc1. The summed E-state index contributed by atoms with van der Waals surface area (Å²) in [4.78, 5) is 31.3. The third-order valence-electron chi connectivity index (χ3n) is 7.27. The third kappa shape index (κ3) is 7.20. The van der Waals surface area contributed by atoms with Crippen LogP contribution in [0.2, 0.25) is 0 Å². The first-order valence-corrected chi connectivity index (χ1v) is 13.6. The van der Waals surface area contributed by atoms with Gasteiger partial charge in [-0.25, -0.2) is 4.39 Å². The van der Waals surface area contributed by atoms with E-state index in [9.17, 15) is 14.0 Å². The number of hydrogen-bond acceptors (Lipinski definition) is 4. The fraction of sp³-hybridized carbons (Fsp3) is 0.394. The Morgan fingerprint density at radius 1 is 1.18 bits per heavy atom. The molecule has 2 aromatic carbocycles. The first kappa shape index (κ1) is 30.7. The zero-order valence-electron chi connectivity index (χ0n) is 24.5. The minimum Gasteiger partial charge on any atom is -0.496 e. The number of carbonyl (C=O) groups is 2. The number of alkyl halides is 1. The summed E-state index contributed by atoms with van der Waals surface area (Å²) < 4.78 is 19.7. The monoisotopic (exact) mass is 547 g/mol. The fourth-order valence-electron chi connectivity index (χ4n) is 5.03. The highest BCUT2D eigenvalue weighted by molar-refractivity contribution is 5.97. The van der Waals surface area contributed by atoms with Gasteiger partial charge in [-0.3, -0.25) is 9.59 Å². The molecule has 1 heterocycles. The van der Waals surface area contributed by atoms with Crippen LogP contribution in [0, 0.1) is 5.92 Å². The molecule has 2 unspecified atom stereocenters. The highest BCUT2D eigenvalue weighted by atomic mass is 19.1. The summed E-state index contributed by atoms with van der Waals surface area (Å²) in [5.41, 5.74) is 3.48. The van der Waals surface area contributed by atoms with Crippen LogP contribution in [0.5, 0.6) is 0 Å². The highest BCUT2D eigenvalue weighted by Gasteiger charge is 2.40. The van der Waals surface area contributed by atoms with Gasteiger partial charge in [-0.2, -0.15) is 0 Å². The number of amides is 2. The van der Waals surface area contributed by atoms with Crippen LogP contribution in [0.25, 0.3) is 0 Å². The number of benzene rings is 2. The normalized spacial score (nSPS) is 18.2. The fourth-order valence-corrected chi connectivity index (χ4v) is 5.03. The van der Waals surface area contributed by atoms with E-state index in [1.165, 1.54) is 19.3 Å². The molecule has 1 aliphatic heterocycles. The van der Waals surface area contributed by atoms with Gasteiger partial charge in [-0.05, 0) is 59.7 Å².